The summed E-state index contributed by atoms with van der Waals surface area (Å²) in [7, 11) is 0. The minimum absolute atomic E-state index is 0.113. The van der Waals surface area contributed by atoms with E-state index in [1.54, 1.807) is 13.0 Å². The Bertz CT molecular complexity index is 315. The molecule has 0 saturated carbocycles. The van der Waals surface area contributed by atoms with Crippen LogP contribution in [-0.2, 0) is 0 Å². The van der Waals surface area contributed by atoms with Crippen LogP contribution in [0, 0.1) is 6.92 Å². The third kappa shape index (κ3) is 2.80. The van der Waals surface area contributed by atoms with Crippen LogP contribution in [-0.4, -0.2) is 11.7 Å². The molecule has 0 saturated heterocycles. The molecule has 1 rings (SSSR count). The highest BCUT2D eigenvalue weighted by Crippen LogP contribution is 2.28. The van der Waals surface area contributed by atoms with Gasteiger partial charge in [-0.1, -0.05) is 23.7 Å². The number of rotatable bonds is 3. The molecule has 0 spiro atoms. The van der Waals surface area contributed by atoms with Crippen molar-refractivity contribution >= 4 is 11.6 Å². The minimum atomic E-state index is -4.00. The van der Waals surface area contributed by atoms with Crippen molar-refractivity contribution in [3.05, 3.63) is 29.8 Å². The maximum Gasteiger partial charge on any atom is 0.444 e. The molecule has 0 aliphatic heterocycles. The highest BCUT2D eigenvalue weighted by atomic mass is 35.5. The smallest absolute Gasteiger partial charge is 0.429 e. The summed E-state index contributed by atoms with van der Waals surface area (Å²) >= 11 is 4.62. The number of ether oxygens (including phenoxy) is 1. The molecule has 1 atom stereocenters. The summed E-state index contributed by atoms with van der Waals surface area (Å²) in [5.74, 6) is -0.113. The summed E-state index contributed by atoms with van der Waals surface area (Å²) in [6.07, 6.45) is -4.00. The fourth-order valence-corrected chi connectivity index (χ4v) is 0.925. The van der Waals surface area contributed by atoms with E-state index in [-0.39, 0.29) is 5.75 Å². The fourth-order valence-electron chi connectivity index (χ4n) is 0.881. The topological polar surface area (TPSA) is 9.23 Å². The van der Waals surface area contributed by atoms with Gasteiger partial charge in [0, 0.05) is 0 Å². The first-order valence-corrected chi connectivity index (χ1v) is 4.27. The maximum atomic E-state index is 12.6. The van der Waals surface area contributed by atoms with E-state index in [2.05, 4.69) is 16.3 Å². The lowest BCUT2D eigenvalue weighted by Crippen LogP contribution is -2.32. The lowest BCUT2D eigenvalue weighted by molar-refractivity contribution is -0.199. The van der Waals surface area contributed by atoms with Gasteiger partial charge in [0.05, 0.1) is 0 Å². The SMILES string of the molecule is Cc1cccc(OC(F)(F)[C@@H](F)Cl)c1. The Balaban J connectivity index is 2.78. The molecule has 14 heavy (non-hydrogen) atoms. The zero-order valence-electron chi connectivity index (χ0n) is 7.31. The van der Waals surface area contributed by atoms with E-state index < -0.39 is 11.7 Å². The highest BCUT2D eigenvalue weighted by Gasteiger charge is 2.42. The van der Waals surface area contributed by atoms with Gasteiger partial charge in [0.2, 0.25) is 0 Å². The van der Waals surface area contributed by atoms with E-state index >= 15 is 0 Å². The van der Waals surface area contributed by atoms with Crippen molar-refractivity contribution in [2.24, 2.45) is 0 Å². The Morgan fingerprint density at radius 2 is 2.07 bits per heavy atom. The van der Waals surface area contributed by atoms with Gasteiger partial charge in [-0.3, -0.25) is 0 Å². The highest BCUT2D eigenvalue weighted by molar-refractivity contribution is 6.20. The Morgan fingerprint density at radius 1 is 1.43 bits per heavy atom. The first kappa shape index (κ1) is 11.2. The summed E-state index contributed by atoms with van der Waals surface area (Å²) in [5, 5.41) is 0. The van der Waals surface area contributed by atoms with Crippen molar-refractivity contribution in [3.63, 3.8) is 0 Å². The summed E-state index contributed by atoms with van der Waals surface area (Å²) in [5.41, 5.74) is -2.12. The molecule has 0 unspecified atom stereocenters. The molecule has 0 aliphatic rings. The number of halogens is 4. The molecule has 0 N–H and O–H groups in total. The maximum absolute atomic E-state index is 12.6. The molecule has 0 fully saturated rings. The molecule has 78 valence electrons. The fraction of sp³-hybridized carbons (Fsp3) is 0.333. The normalized spacial score (nSPS) is 13.8. The van der Waals surface area contributed by atoms with Gasteiger partial charge in [0.25, 0.3) is 5.63 Å². The molecule has 0 aliphatic carbocycles. The van der Waals surface area contributed by atoms with E-state index in [0.29, 0.717) is 0 Å². The number of benzene rings is 1. The van der Waals surface area contributed by atoms with Gasteiger partial charge in [-0.05, 0) is 24.6 Å². The minimum Gasteiger partial charge on any atom is -0.429 e. The van der Waals surface area contributed by atoms with Crippen molar-refractivity contribution in [3.8, 4) is 5.75 Å². The number of aryl methyl sites for hydroxylation is 1. The number of alkyl halides is 4. The Labute approximate surface area is 84.4 Å². The van der Waals surface area contributed by atoms with Crippen molar-refractivity contribution in [2.45, 2.75) is 18.7 Å². The van der Waals surface area contributed by atoms with Gasteiger partial charge < -0.3 is 4.74 Å². The molecule has 1 nitrogen and oxygen atoms in total. The number of hydrogen-bond donors (Lipinski definition) is 0. The van der Waals surface area contributed by atoms with E-state index in [0.717, 1.165) is 5.56 Å². The molecule has 5 heteroatoms. The Morgan fingerprint density at radius 3 is 2.57 bits per heavy atom. The van der Waals surface area contributed by atoms with Crippen LogP contribution in [0.4, 0.5) is 13.2 Å². The molecular weight excluding hydrogens is 217 g/mol. The van der Waals surface area contributed by atoms with Crippen LogP contribution in [0.25, 0.3) is 0 Å². The van der Waals surface area contributed by atoms with Gasteiger partial charge in [-0.2, -0.15) is 8.78 Å². The van der Waals surface area contributed by atoms with Crippen LogP contribution in [0.15, 0.2) is 24.3 Å². The standard InChI is InChI=1S/C9H8ClF3O/c1-6-3-2-4-7(5-6)14-9(12,13)8(10)11/h2-5,8H,1H3/t8-/m1/s1. The third-order valence-electron chi connectivity index (χ3n) is 1.50. The molecule has 0 aromatic heterocycles. The van der Waals surface area contributed by atoms with E-state index in [1.165, 1.54) is 18.2 Å². The van der Waals surface area contributed by atoms with Crippen molar-refractivity contribution in [2.75, 3.05) is 0 Å². The van der Waals surface area contributed by atoms with Gasteiger partial charge in [-0.15, -0.1) is 0 Å². The summed E-state index contributed by atoms with van der Waals surface area (Å²) < 4.78 is 41.5. The quantitative estimate of drug-likeness (QED) is 0.714. The van der Waals surface area contributed by atoms with Crippen LogP contribution in [0.2, 0.25) is 0 Å². The Kier molecular flexibility index (Phi) is 3.26. The molecule has 0 amide bonds. The predicted octanol–water partition coefficient (Wildman–Crippen LogP) is 3.50. The van der Waals surface area contributed by atoms with Crippen molar-refractivity contribution in [1.82, 2.24) is 0 Å². The average molecular weight is 225 g/mol. The largest absolute Gasteiger partial charge is 0.444 e. The van der Waals surface area contributed by atoms with E-state index in [4.69, 9.17) is 0 Å². The molecule has 0 bridgehead atoms. The predicted molar refractivity (Wildman–Crippen MR) is 47.5 cm³/mol. The van der Waals surface area contributed by atoms with Crippen LogP contribution in [0.5, 0.6) is 5.75 Å². The van der Waals surface area contributed by atoms with Gasteiger partial charge in [0.1, 0.15) is 5.75 Å². The lowest BCUT2D eigenvalue weighted by Gasteiger charge is -2.17. The molecule has 0 heterocycles. The molecule has 1 aromatic carbocycles. The zero-order chi connectivity index (χ0) is 10.8. The molecule has 0 radical (unpaired) electrons. The van der Waals surface area contributed by atoms with Crippen LogP contribution < -0.4 is 4.74 Å². The van der Waals surface area contributed by atoms with Gasteiger partial charge in [0.15, 0.2) is 0 Å². The Hall–Kier alpha value is -0.900. The van der Waals surface area contributed by atoms with E-state index in [9.17, 15) is 13.2 Å². The second-order valence-electron chi connectivity index (χ2n) is 2.78. The van der Waals surface area contributed by atoms with E-state index in [1.807, 2.05) is 0 Å². The molecule has 1 aromatic rings. The lowest BCUT2D eigenvalue weighted by atomic mass is 10.2. The first-order chi connectivity index (χ1) is 6.42. The van der Waals surface area contributed by atoms with Crippen molar-refractivity contribution in [1.29, 1.82) is 0 Å². The summed E-state index contributed by atoms with van der Waals surface area (Å²) in [6.45, 7) is 1.71. The second-order valence-corrected chi connectivity index (χ2v) is 3.16. The average Bonchev–Trinajstić information content (AvgIpc) is 2.02. The number of hydrogen-bond acceptors (Lipinski definition) is 1. The monoisotopic (exact) mass is 224 g/mol. The van der Waals surface area contributed by atoms with Crippen LogP contribution >= 0.6 is 11.6 Å². The van der Waals surface area contributed by atoms with Gasteiger partial charge in [-0.25, -0.2) is 4.39 Å². The van der Waals surface area contributed by atoms with Crippen LogP contribution in [0.3, 0.4) is 0 Å². The van der Waals surface area contributed by atoms with Crippen LogP contribution in [0.1, 0.15) is 5.56 Å². The summed E-state index contributed by atoms with van der Waals surface area (Å²) in [4.78, 5) is 0. The first-order valence-electron chi connectivity index (χ1n) is 3.83. The summed E-state index contributed by atoms with van der Waals surface area (Å²) in [6, 6.07) is 5.91. The van der Waals surface area contributed by atoms with Gasteiger partial charge >= 0.3 is 6.11 Å². The zero-order valence-corrected chi connectivity index (χ0v) is 8.06. The second kappa shape index (κ2) is 4.09. The van der Waals surface area contributed by atoms with Crippen molar-refractivity contribution < 1.29 is 17.9 Å². The molecular formula is C9H8ClF3O. The third-order valence-corrected chi connectivity index (χ3v) is 1.75.